The molecule has 0 spiro atoms. The predicted molar refractivity (Wildman–Crippen MR) is 118 cm³/mol. The number of hydrogen-bond donors (Lipinski definition) is 2. The third-order valence-corrected chi connectivity index (χ3v) is 5.84. The van der Waals surface area contributed by atoms with Gasteiger partial charge in [0.1, 0.15) is 5.75 Å². The minimum atomic E-state index is -3.71. The molecular formula is C23H24N2O4S. The first-order valence-electron chi connectivity index (χ1n) is 9.57. The summed E-state index contributed by atoms with van der Waals surface area (Å²) in [4.78, 5) is 12.3. The average Bonchev–Trinajstić information content (AvgIpc) is 2.73. The third kappa shape index (κ3) is 5.61. The van der Waals surface area contributed by atoms with Crippen LogP contribution in [0.25, 0.3) is 0 Å². The van der Waals surface area contributed by atoms with E-state index < -0.39 is 10.0 Å². The van der Waals surface area contributed by atoms with Crippen molar-refractivity contribution in [2.75, 3.05) is 16.6 Å². The van der Waals surface area contributed by atoms with Gasteiger partial charge in [0.15, 0.2) is 6.61 Å². The zero-order chi connectivity index (χ0) is 21.6. The van der Waals surface area contributed by atoms with Gasteiger partial charge < -0.3 is 10.1 Å². The third-order valence-electron chi connectivity index (χ3n) is 4.45. The van der Waals surface area contributed by atoms with Gasteiger partial charge in [-0.05, 0) is 66.9 Å². The van der Waals surface area contributed by atoms with E-state index in [0.717, 1.165) is 23.2 Å². The number of nitrogens with one attached hydrogen (secondary N) is 2. The van der Waals surface area contributed by atoms with Crippen LogP contribution < -0.4 is 14.8 Å². The van der Waals surface area contributed by atoms with Crippen molar-refractivity contribution in [2.24, 2.45) is 0 Å². The Labute approximate surface area is 177 Å². The second-order valence-corrected chi connectivity index (χ2v) is 8.48. The van der Waals surface area contributed by atoms with Crippen molar-refractivity contribution in [1.82, 2.24) is 0 Å². The van der Waals surface area contributed by atoms with Crippen LogP contribution in [0.2, 0.25) is 0 Å². The van der Waals surface area contributed by atoms with E-state index in [-0.39, 0.29) is 17.4 Å². The number of ether oxygens (including phenoxy) is 1. The fraction of sp³-hybridized carbons (Fsp3) is 0.174. The van der Waals surface area contributed by atoms with E-state index in [2.05, 4.69) is 10.0 Å². The number of para-hydroxylation sites is 1. The Kier molecular flexibility index (Phi) is 6.74. The summed E-state index contributed by atoms with van der Waals surface area (Å²) < 4.78 is 33.1. The van der Waals surface area contributed by atoms with Crippen molar-refractivity contribution in [3.63, 3.8) is 0 Å². The van der Waals surface area contributed by atoms with Gasteiger partial charge in [-0.1, -0.05) is 37.3 Å². The maximum Gasteiger partial charge on any atom is 0.262 e. The molecule has 2 N–H and O–H groups in total. The van der Waals surface area contributed by atoms with Crippen molar-refractivity contribution in [3.8, 4) is 5.75 Å². The van der Waals surface area contributed by atoms with Gasteiger partial charge >= 0.3 is 0 Å². The second-order valence-electron chi connectivity index (χ2n) is 6.79. The number of aryl methyl sites for hydroxylation is 2. The molecule has 0 saturated carbocycles. The van der Waals surface area contributed by atoms with Crippen molar-refractivity contribution >= 4 is 27.3 Å². The molecule has 0 heterocycles. The standard InChI is InChI=1S/C23H24N2O4S/c1-3-18-8-4-5-10-22(18)24-23(26)16-29-20-11-13-21(14-12-20)30(27,28)25-19-9-6-7-17(2)15-19/h4-15,25H,3,16H2,1-2H3,(H,24,26). The minimum Gasteiger partial charge on any atom is -0.484 e. The van der Waals surface area contributed by atoms with Gasteiger partial charge in [0, 0.05) is 11.4 Å². The lowest BCUT2D eigenvalue weighted by Crippen LogP contribution is -2.21. The van der Waals surface area contributed by atoms with Gasteiger partial charge in [-0.2, -0.15) is 0 Å². The fourth-order valence-electron chi connectivity index (χ4n) is 2.92. The van der Waals surface area contributed by atoms with Crippen molar-refractivity contribution in [1.29, 1.82) is 0 Å². The lowest BCUT2D eigenvalue weighted by molar-refractivity contribution is -0.118. The van der Waals surface area contributed by atoms with E-state index in [1.54, 1.807) is 18.2 Å². The number of amides is 1. The Morgan fingerprint density at radius 1 is 0.967 bits per heavy atom. The molecular weight excluding hydrogens is 400 g/mol. The highest BCUT2D eigenvalue weighted by molar-refractivity contribution is 7.92. The number of hydrogen-bond acceptors (Lipinski definition) is 4. The molecule has 0 fully saturated rings. The Morgan fingerprint density at radius 2 is 1.70 bits per heavy atom. The van der Waals surface area contributed by atoms with Gasteiger partial charge in [0.25, 0.3) is 15.9 Å². The molecule has 0 atom stereocenters. The summed E-state index contributed by atoms with van der Waals surface area (Å²) in [6.45, 7) is 3.73. The predicted octanol–water partition coefficient (Wildman–Crippen LogP) is 4.38. The molecule has 0 radical (unpaired) electrons. The van der Waals surface area contributed by atoms with Crippen LogP contribution in [0.3, 0.4) is 0 Å². The van der Waals surface area contributed by atoms with Crippen molar-refractivity contribution < 1.29 is 17.9 Å². The molecule has 3 rings (SSSR count). The number of anilines is 2. The summed E-state index contributed by atoms with van der Waals surface area (Å²) in [5.74, 6) is 0.122. The molecule has 1 amide bonds. The highest BCUT2D eigenvalue weighted by atomic mass is 32.2. The largest absolute Gasteiger partial charge is 0.484 e. The number of carbonyl (C=O) groups excluding carboxylic acids is 1. The van der Waals surface area contributed by atoms with E-state index >= 15 is 0 Å². The maximum atomic E-state index is 12.5. The summed E-state index contributed by atoms with van der Waals surface area (Å²) in [6.07, 6.45) is 0.809. The SMILES string of the molecule is CCc1ccccc1NC(=O)COc1ccc(S(=O)(=O)Nc2cccc(C)c2)cc1. The molecule has 0 aliphatic heterocycles. The molecule has 30 heavy (non-hydrogen) atoms. The summed E-state index contributed by atoms with van der Waals surface area (Å²) in [5.41, 5.74) is 3.26. The second kappa shape index (κ2) is 9.45. The molecule has 156 valence electrons. The highest BCUT2D eigenvalue weighted by Crippen LogP contribution is 2.20. The molecule has 0 aromatic heterocycles. The van der Waals surface area contributed by atoms with Crippen LogP contribution in [0.1, 0.15) is 18.1 Å². The van der Waals surface area contributed by atoms with Gasteiger partial charge in [-0.3, -0.25) is 9.52 Å². The lowest BCUT2D eigenvalue weighted by Gasteiger charge is -2.11. The lowest BCUT2D eigenvalue weighted by atomic mass is 10.1. The summed E-state index contributed by atoms with van der Waals surface area (Å²) in [7, 11) is -3.71. The number of benzene rings is 3. The molecule has 7 heteroatoms. The normalized spacial score (nSPS) is 11.0. The first-order chi connectivity index (χ1) is 14.4. The van der Waals surface area contributed by atoms with Gasteiger partial charge in [-0.15, -0.1) is 0 Å². The van der Waals surface area contributed by atoms with E-state index in [9.17, 15) is 13.2 Å². The fourth-order valence-corrected chi connectivity index (χ4v) is 3.97. The smallest absolute Gasteiger partial charge is 0.262 e. The molecule has 3 aromatic rings. The van der Waals surface area contributed by atoms with Gasteiger partial charge in [0.2, 0.25) is 0 Å². The van der Waals surface area contributed by atoms with Crippen LogP contribution in [0.4, 0.5) is 11.4 Å². The van der Waals surface area contributed by atoms with Crippen LogP contribution in [-0.4, -0.2) is 20.9 Å². The molecule has 0 aliphatic rings. The molecule has 0 saturated heterocycles. The molecule has 0 unspecified atom stereocenters. The first kappa shape index (κ1) is 21.4. The quantitative estimate of drug-likeness (QED) is 0.562. The van der Waals surface area contributed by atoms with Gasteiger partial charge in [-0.25, -0.2) is 8.42 Å². The van der Waals surface area contributed by atoms with Gasteiger partial charge in [0.05, 0.1) is 4.90 Å². The summed E-state index contributed by atoms with van der Waals surface area (Å²) in [5, 5.41) is 2.83. The molecule has 0 bridgehead atoms. The van der Waals surface area contributed by atoms with Crippen molar-refractivity contribution in [3.05, 3.63) is 83.9 Å². The summed E-state index contributed by atoms with van der Waals surface area (Å²) >= 11 is 0. The van der Waals surface area contributed by atoms with E-state index in [1.807, 2.05) is 44.2 Å². The Balaban J connectivity index is 1.59. The Morgan fingerprint density at radius 3 is 2.40 bits per heavy atom. The zero-order valence-electron chi connectivity index (χ0n) is 16.9. The molecule has 0 aliphatic carbocycles. The van der Waals surface area contributed by atoms with Crippen LogP contribution in [0, 0.1) is 6.92 Å². The highest BCUT2D eigenvalue weighted by Gasteiger charge is 2.14. The van der Waals surface area contributed by atoms with Crippen LogP contribution in [0.5, 0.6) is 5.75 Å². The van der Waals surface area contributed by atoms with E-state index in [4.69, 9.17) is 4.74 Å². The first-order valence-corrected chi connectivity index (χ1v) is 11.1. The van der Waals surface area contributed by atoms with Crippen LogP contribution in [-0.2, 0) is 21.2 Å². The number of carbonyl (C=O) groups is 1. The Bertz CT molecular complexity index is 1130. The Hall–Kier alpha value is -3.32. The topological polar surface area (TPSA) is 84.5 Å². The van der Waals surface area contributed by atoms with Crippen molar-refractivity contribution in [2.45, 2.75) is 25.2 Å². The minimum absolute atomic E-state index is 0.109. The zero-order valence-corrected chi connectivity index (χ0v) is 17.7. The summed E-state index contributed by atoms with van der Waals surface area (Å²) in [6, 6.07) is 20.6. The monoisotopic (exact) mass is 424 g/mol. The van der Waals surface area contributed by atoms with E-state index in [1.165, 1.54) is 24.3 Å². The maximum absolute atomic E-state index is 12.5. The van der Waals surface area contributed by atoms with Crippen LogP contribution >= 0.6 is 0 Å². The number of sulfonamides is 1. The molecule has 6 nitrogen and oxygen atoms in total. The number of rotatable bonds is 8. The average molecular weight is 425 g/mol. The van der Waals surface area contributed by atoms with Crippen LogP contribution in [0.15, 0.2) is 77.7 Å². The van der Waals surface area contributed by atoms with E-state index in [0.29, 0.717) is 11.4 Å². The molecule has 3 aromatic carbocycles.